The molecule has 2 aromatic heterocycles. The van der Waals surface area contributed by atoms with Gasteiger partial charge in [0.2, 0.25) is 5.88 Å². The molecule has 0 radical (unpaired) electrons. The number of carbonyl (C=O) groups is 1. The van der Waals surface area contributed by atoms with Crippen molar-refractivity contribution in [2.75, 3.05) is 23.8 Å². The van der Waals surface area contributed by atoms with E-state index in [4.69, 9.17) is 21.1 Å². The van der Waals surface area contributed by atoms with Gasteiger partial charge in [-0.15, -0.1) is 0 Å². The fourth-order valence-corrected chi connectivity index (χ4v) is 4.90. The molecule has 2 atom stereocenters. The van der Waals surface area contributed by atoms with Crippen LogP contribution in [0.2, 0.25) is 5.02 Å². The molecule has 0 saturated heterocycles. The SMILES string of the molecule is Cc1c(-c2cc3cc(NC(=O)O[C@H]4CCCCC4C#N)ncc3c(Cl)c2F)cnc2c1NCCO2. The van der Waals surface area contributed by atoms with Gasteiger partial charge in [0.05, 0.1) is 17.0 Å². The molecule has 1 saturated carbocycles. The van der Waals surface area contributed by atoms with Gasteiger partial charge in [-0.1, -0.05) is 18.0 Å². The zero-order chi connectivity index (χ0) is 24.5. The van der Waals surface area contributed by atoms with E-state index >= 15 is 4.39 Å². The number of fused-ring (bicyclic) bond motifs is 2. The second kappa shape index (κ2) is 9.55. The molecule has 8 nitrogen and oxygen atoms in total. The Hall–Kier alpha value is -3.64. The van der Waals surface area contributed by atoms with Crippen molar-refractivity contribution in [1.29, 1.82) is 5.26 Å². The summed E-state index contributed by atoms with van der Waals surface area (Å²) >= 11 is 6.38. The standard InChI is InChI=1S/C25H23ClFN5O3/c1-13-17(11-31-24-23(13)29-6-7-34-24)16-8-15-9-20(30-12-18(15)21(26)22(16)27)32-25(33)35-19-5-3-2-4-14(19)10-28/h8-9,11-12,14,19,29H,2-7H2,1H3,(H,30,32,33)/t14?,19-/m0/s1. The van der Waals surface area contributed by atoms with Crippen LogP contribution in [0.5, 0.6) is 5.88 Å². The Morgan fingerprint density at radius 3 is 2.94 bits per heavy atom. The number of nitriles is 1. The lowest BCUT2D eigenvalue weighted by molar-refractivity contribution is 0.0642. The first-order chi connectivity index (χ1) is 17.0. The first-order valence-corrected chi connectivity index (χ1v) is 11.9. The fourth-order valence-electron chi connectivity index (χ4n) is 4.64. The van der Waals surface area contributed by atoms with Crippen LogP contribution in [0.15, 0.2) is 24.5 Å². The molecule has 1 aliphatic carbocycles. The van der Waals surface area contributed by atoms with Crippen LogP contribution in [0.25, 0.3) is 21.9 Å². The van der Waals surface area contributed by atoms with E-state index < -0.39 is 18.0 Å². The number of amides is 1. The summed E-state index contributed by atoms with van der Waals surface area (Å²) in [6, 6.07) is 5.48. The highest BCUT2D eigenvalue weighted by Crippen LogP contribution is 2.40. The fraction of sp³-hybridized carbons (Fsp3) is 0.360. The van der Waals surface area contributed by atoms with Crippen LogP contribution in [0.3, 0.4) is 0 Å². The molecule has 2 aliphatic rings. The number of benzene rings is 1. The molecule has 2 N–H and O–H groups in total. The van der Waals surface area contributed by atoms with Crippen molar-refractivity contribution in [2.24, 2.45) is 5.92 Å². The van der Waals surface area contributed by atoms with Crippen LogP contribution >= 0.6 is 11.6 Å². The van der Waals surface area contributed by atoms with E-state index in [1.54, 1.807) is 18.3 Å². The molecule has 1 amide bonds. The van der Waals surface area contributed by atoms with E-state index in [1.807, 2.05) is 6.92 Å². The molecule has 3 heterocycles. The quantitative estimate of drug-likeness (QED) is 0.470. The minimum absolute atomic E-state index is 0.0699. The van der Waals surface area contributed by atoms with Crippen molar-refractivity contribution in [2.45, 2.75) is 38.7 Å². The number of nitrogens with zero attached hydrogens (tertiary/aromatic N) is 3. The molecule has 5 rings (SSSR count). The van der Waals surface area contributed by atoms with Crippen LogP contribution in [0.4, 0.5) is 20.7 Å². The first kappa shape index (κ1) is 23.1. The Morgan fingerprint density at radius 2 is 2.11 bits per heavy atom. The van der Waals surface area contributed by atoms with Gasteiger partial charge in [0.25, 0.3) is 0 Å². The Balaban J connectivity index is 1.45. The Kier molecular flexibility index (Phi) is 6.31. The normalized spacial score (nSPS) is 19.1. The minimum Gasteiger partial charge on any atom is -0.474 e. The van der Waals surface area contributed by atoms with Crippen LogP contribution < -0.4 is 15.4 Å². The number of nitrogens with one attached hydrogen (secondary N) is 2. The summed E-state index contributed by atoms with van der Waals surface area (Å²) < 4.78 is 26.4. The lowest BCUT2D eigenvalue weighted by Gasteiger charge is -2.26. The average Bonchev–Trinajstić information content (AvgIpc) is 2.87. The molecule has 3 aromatic rings. The molecule has 1 aromatic carbocycles. The molecule has 1 fully saturated rings. The molecule has 35 heavy (non-hydrogen) atoms. The largest absolute Gasteiger partial charge is 0.474 e. The summed E-state index contributed by atoms with van der Waals surface area (Å²) in [6.07, 6.45) is 5.09. The van der Waals surface area contributed by atoms with Gasteiger partial charge < -0.3 is 14.8 Å². The number of rotatable bonds is 3. The maximum absolute atomic E-state index is 15.3. The van der Waals surface area contributed by atoms with Gasteiger partial charge in [-0.2, -0.15) is 5.26 Å². The number of hydrogen-bond donors (Lipinski definition) is 2. The first-order valence-electron chi connectivity index (χ1n) is 11.5. The number of halogens is 2. The zero-order valence-electron chi connectivity index (χ0n) is 19.0. The summed E-state index contributed by atoms with van der Waals surface area (Å²) in [7, 11) is 0. The van der Waals surface area contributed by atoms with Crippen molar-refractivity contribution in [3.05, 3.63) is 40.9 Å². The van der Waals surface area contributed by atoms with Gasteiger partial charge in [-0.25, -0.2) is 19.2 Å². The third kappa shape index (κ3) is 4.42. The van der Waals surface area contributed by atoms with Gasteiger partial charge in [0.1, 0.15) is 30.0 Å². The number of carbonyl (C=O) groups excluding carboxylic acids is 1. The van der Waals surface area contributed by atoms with Crippen molar-refractivity contribution in [3.63, 3.8) is 0 Å². The highest BCUT2D eigenvalue weighted by atomic mass is 35.5. The molecule has 1 aliphatic heterocycles. The maximum Gasteiger partial charge on any atom is 0.413 e. The van der Waals surface area contributed by atoms with E-state index in [9.17, 15) is 10.1 Å². The molecule has 1 unspecified atom stereocenters. The van der Waals surface area contributed by atoms with E-state index in [0.29, 0.717) is 48.2 Å². The van der Waals surface area contributed by atoms with E-state index in [0.717, 1.165) is 24.1 Å². The molecular formula is C25H23ClFN5O3. The number of aromatic nitrogens is 2. The van der Waals surface area contributed by atoms with Gasteiger partial charge in [0.15, 0.2) is 0 Å². The number of ether oxygens (including phenoxy) is 2. The summed E-state index contributed by atoms with van der Waals surface area (Å²) in [4.78, 5) is 21.0. The van der Waals surface area contributed by atoms with Crippen LogP contribution in [0.1, 0.15) is 31.2 Å². The summed E-state index contributed by atoms with van der Waals surface area (Å²) in [5, 5.41) is 16.1. The maximum atomic E-state index is 15.3. The van der Waals surface area contributed by atoms with E-state index in [2.05, 4.69) is 26.7 Å². The topological polar surface area (TPSA) is 109 Å². The number of anilines is 2. The predicted octanol–water partition coefficient (Wildman–Crippen LogP) is 5.83. The minimum atomic E-state index is -0.682. The Morgan fingerprint density at radius 1 is 1.29 bits per heavy atom. The Labute approximate surface area is 206 Å². The monoisotopic (exact) mass is 495 g/mol. The van der Waals surface area contributed by atoms with Gasteiger partial charge >= 0.3 is 6.09 Å². The van der Waals surface area contributed by atoms with Gasteiger partial charge in [0, 0.05) is 35.5 Å². The van der Waals surface area contributed by atoms with Crippen molar-refractivity contribution in [1.82, 2.24) is 9.97 Å². The van der Waals surface area contributed by atoms with Crippen LogP contribution in [-0.4, -0.2) is 35.3 Å². The highest BCUT2D eigenvalue weighted by Gasteiger charge is 2.28. The molecular weight excluding hydrogens is 473 g/mol. The number of pyridine rings is 2. The molecule has 180 valence electrons. The third-order valence-electron chi connectivity index (χ3n) is 6.49. The molecule has 0 bridgehead atoms. The van der Waals surface area contributed by atoms with Gasteiger partial charge in [-0.05, 0) is 49.3 Å². The van der Waals surface area contributed by atoms with Crippen molar-refractivity contribution < 1.29 is 18.7 Å². The highest BCUT2D eigenvalue weighted by molar-refractivity contribution is 6.36. The van der Waals surface area contributed by atoms with Gasteiger partial charge in [-0.3, -0.25) is 5.32 Å². The Bertz CT molecular complexity index is 1360. The summed E-state index contributed by atoms with van der Waals surface area (Å²) in [5.41, 5.74) is 2.37. The van der Waals surface area contributed by atoms with Crippen molar-refractivity contribution in [3.8, 4) is 23.1 Å². The van der Waals surface area contributed by atoms with Crippen LogP contribution in [-0.2, 0) is 4.74 Å². The summed E-state index contributed by atoms with van der Waals surface area (Å²) in [5.74, 6) is -0.175. The van der Waals surface area contributed by atoms with E-state index in [-0.39, 0.29) is 22.3 Å². The zero-order valence-corrected chi connectivity index (χ0v) is 19.8. The third-order valence-corrected chi connectivity index (χ3v) is 6.86. The van der Waals surface area contributed by atoms with Crippen LogP contribution in [0, 0.1) is 30.0 Å². The smallest absolute Gasteiger partial charge is 0.413 e. The lowest BCUT2D eigenvalue weighted by atomic mass is 9.87. The lowest BCUT2D eigenvalue weighted by Crippen LogP contribution is -2.31. The van der Waals surface area contributed by atoms with E-state index in [1.165, 1.54) is 6.20 Å². The molecule has 0 spiro atoms. The second-order valence-corrected chi connectivity index (χ2v) is 9.06. The molecule has 10 heteroatoms. The summed E-state index contributed by atoms with van der Waals surface area (Å²) in [6.45, 7) is 3.01. The second-order valence-electron chi connectivity index (χ2n) is 8.68. The average molecular weight is 496 g/mol. The number of hydrogen-bond acceptors (Lipinski definition) is 7. The van der Waals surface area contributed by atoms with Crippen molar-refractivity contribution >= 4 is 40.0 Å². The predicted molar refractivity (Wildman–Crippen MR) is 130 cm³/mol.